The van der Waals surface area contributed by atoms with Gasteiger partial charge in [-0.2, -0.15) is 0 Å². The number of carbonyl (C=O) groups is 4. The first-order chi connectivity index (χ1) is 20.3. The van der Waals surface area contributed by atoms with Gasteiger partial charge in [-0.1, -0.05) is 71.6 Å². The maximum atomic E-state index is 11.7. The number of aliphatic carboxylic acids is 2. The normalized spacial score (nSPS) is 23.5. The van der Waals surface area contributed by atoms with Gasteiger partial charge in [0, 0.05) is 6.42 Å². The fraction of sp³-hybridized carbons (Fsp3) is 0.867. The maximum Gasteiger partial charge on any atom is 0.325 e. The van der Waals surface area contributed by atoms with Crippen LogP contribution in [0.3, 0.4) is 0 Å². The largest absolute Gasteiger partial charge is 0.481 e. The summed E-state index contributed by atoms with van der Waals surface area (Å²) in [5.41, 5.74) is 0. The van der Waals surface area contributed by atoms with Crippen LogP contribution in [0.1, 0.15) is 111 Å². The number of carboxylic acid groups (broad SMARTS) is 2. The summed E-state index contributed by atoms with van der Waals surface area (Å²) >= 11 is 0. The number of nitrogens with one attached hydrogen (secondary N) is 1. The van der Waals surface area contributed by atoms with Crippen molar-refractivity contribution < 1.29 is 58.9 Å². The lowest BCUT2D eigenvalue weighted by molar-refractivity contribution is -0.315. The van der Waals surface area contributed by atoms with Crippen LogP contribution in [-0.4, -0.2) is 98.8 Å². The molecule has 1 fully saturated rings. The third-order valence-electron chi connectivity index (χ3n) is 7.56. The Hall–Kier alpha value is -2.32. The number of ether oxygens (including phenoxy) is 3. The standard InChI is InChI=1S/C30H53NO12/c1-19(2)21(14-12-10-8-6-4-5-7-9-11-13-15-23(32)31-20(3)29(39)40)42-30-28(38)27(37)26(36)22(43-30)18-41-25(35)17-16-24(33)34/h19-22,26-28,30,36-38H,4-18H2,1-3H3,(H,31,32)(H,33,34)(H,39,40)/t20-,21-,22+,26+,27-,28+,30+/m0/s1. The molecule has 250 valence electrons. The van der Waals surface area contributed by atoms with Crippen LogP contribution in [0.25, 0.3) is 0 Å². The first-order valence-corrected chi connectivity index (χ1v) is 15.6. The van der Waals surface area contributed by atoms with Gasteiger partial charge in [-0.25, -0.2) is 0 Å². The zero-order valence-corrected chi connectivity index (χ0v) is 25.8. The monoisotopic (exact) mass is 619 g/mol. The smallest absolute Gasteiger partial charge is 0.325 e. The minimum absolute atomic E-state index is 0.0961. The van der Waals surface area contributed by atoms with Crippen molar-refractivity contribution in [3.63, 3.8) is 0 Å². The number of hydrogen-bond acceptors (Lipinski definition) is 10. The molecule has 0 saturated carbocycles. The van der Waals surface area contributed by atoms with E-state index < -0.39 is 67.7 Å². The van der Waals surface area contributed by atoms with Crippen molar-refractivity contribution in [2.45, 2.75) is 154 Å². The lowest BCUT2D eigenvalue weighted by Gasteiger charge is -2.41. The summed E-state index contributed by atoms with van der Waals surface area (Å²) < 4.78 is 16.7. The third-order valence-corrected chi connectivity index (χ3v) is 7.56. The van der Waals surface area contributed by atoms with Crippen LogP contribution in [0.2, 0.25) is 0 Å². The van der Waals surface area contributed by atoms with Gasteiger partial charge in [-0.05, 0) is 25.7 Å². The van der Waals surface area contributed by atoms with E-state index in [0.29, 0.717) is 6.42 Å². The van der Waals surface area contributed by atoms with Gasteiger partial charge in [0.25, 0.3) is 0 Å². The number of amides is 1. The van der Waals surface area contributed by atoms with Gasteiger partial charge in [0.05, 0.1) is 18.9 Å². The summed E-state index contributed by atoms with van der Waals surface area (Å²) in [4.78, 5) is 44.8. The second-order valence-corrected chi connectivity index (χ2v) is 11.7. The average Bonchev–Trinajstić information content (AvgIpc) is 2.94. The SMILES string of the molecule is CC(C)[C@H](CCCCCCCCCCCCC(=O)N[C@@H](C)C(=O)O)O[C@@H]1O[C@H](COC(=O)CCC(=O)O)[C@@H](O)[C@H](O)[C@H]1O. The van der Waals surface area contributed by atoms with E-state index in [1.165, 1.54) is 6.92 Å². The first-order valence-electron chi connectivity index (χ1n) is 15.6. The van der Waals surface area contributed by atoms with Gasteiger partial charge in [0.2, 0.25) is 5.91 Å². The zero-order chi connectivity index (χ0) is 32.4. The first kappa shape index (κ1) is 38.7. The van der Waals surface area contributed by atoms with E-state index in [1.807, 2.05) is 13.8 Å². The molecule has 1 aliphatic rings. The predicted octanol–water partition coefficient (Wildman–Crippen LogP) is 2.51. The Morgan fingerprint density at radius 2 is 1.30 bits per heavy atom. The van der Waals surface area contributed by atoms with Gasteiger partial charge in [0.15, 0.2) is 6.29 Å². The molecule has 13 heteroatoms. The molecule has 1 amide bonds. The number of carbonyl (C=O) groups excluding carboxylic acids is 2. The molecule has 1 rings (SSSR count). The van der Waals surface area contributed by atoms with Gasteiger partial charge in [-0.3, -0.25) is 19.2 Å². The Morgan fingerprint density at radius 1 is 0.744 bits per heavy atom. The van der Waals surface area contributed by atoms with E-state index in [0.717, 1.165) is 70.6 Å². The topological polar surface area (TPSA) is 209 Å². The number of aliphatic hydroxyl groups is 3. The number of hydrogen-bond donors (Lipinski definition) is 6. The van der Waals surface area contributed by atoms with E-state index >= 15 is 0 Å². The maximum absolute atomic E-state index is 11.7. The van der Waals surface area contributed by atoms with Gasteiger partial charge >= 0.3 is 17.9 Å². The molecule has 0 aliphatic carbocycles. The molecule has 0 spiro atoms. The van der Waals surface area contributed by atoms with E-state index in [9.17, 15) is 34.5 Å². The fourth-order valence-electron chi connectivity index (χ4n) is 4.77. The Balaban J connectivity index is 2.26. The quantitative estimate of drug-likeness (QED) is 0.0720. The molecule has 43 heavy (non-hydrogen) atoms. The second kappa shape index (κ2) is 21.4. The molecular weight excluding hydrogens is 566 g/mol. The third kappa shape index (κ3) is 16.4. The Morgan fingerprint density at radius 3 is 1.84 bits per heavy atom. The molecule has 1 heterocycles. The second-order valence-electron chi connectivity index (χ2n) is 11.7. The summed E-state index contributed by atoms with van der Waals surface area (Å²) in [6, 6.07) is -0.864. The zero-order valence-electron chi connectivity index (χ0n) is 25.8. The molecule has 1 saturated heterocycles. The van der Waals surface area contributed by atoms with Crippen LogP contribution in [0.5, 0.6) is 0 Å². The van der Waals surface area contributed by atoms with Crippen LogP contribution in [0.15, 0.2) is 0 Å². The highest BCUT2D eigenvalue weighted by molar-refractivity contribution is 5.83. The molecular formula is C30H53NO12. The number of rotatable bonds is 23. The minimum Gasteiger partial charge on any atom is -0.481 e. The van der Waals surface area contributed by atoms with Crippen molar-refractivity contribution in [2.75, 3.05) is 6.61 Å². The summed E-state index contributed by atoms with van der Waals surface area (Å²) in [6.07, 6.45) is 3.34. The van der Waals surface area contributed by atoms with Crippen molar-refractivity contribution in [1.82, 2.24) is 5.32 Å². The highest BCUT2D eigenvalue weighted by atomic mass is 16.7. The fourth-order valence-corrected chi connectivity index (χ4v) is 4.77. The van der Waals surface area contributed by atoms with E-state index in [4.69, 9.17) is 24.4 Å². The molecule has 1 aliphatic heterocycles. The summed E-state index contributed by atoms with van der Waals surface area (Å²) in [5.74, 6) is -3.08. The van der Waals surface area contributed by atoms with Crippen molar-refractivity contribution >= 4 is 23.8 Å². The highest BCUT2D eigenvalue weighted by Crippen LogP contribution is 2.27. The summed E-state index contributed by atoms with van der Waals surface area (Å²) in [5, 5.41) is 51.0. The summed E-state index contributed by atoms with van der Waals surface area (Å²) in [7, 11) is 0. The van der Waals surface area contributed by atoms with Crippen LogP contribution >= 0.6 is 0 Å². The van der Waals surface area contributed by atoms with Gasteiger partial charge < -0.3 is 45.1 Å². The van der Waals surface area contributed by atoms with Crippen LogP contribution in [0, 0.1) is 5.92 Å². The minimum atomic E-state index is -1.57. The lowest BCUT2D eigenvalue weighted by atomic mass is 9.97. The molecule has 0 radical (unpaired) electrons. The molecule has 13 nitrogen and oxygen atoms in total. The highest BCUT2D eigenvalue weighted by Gasteiger charge is 2.45. The molecule has 0 unspecified atom stereocenters. The molecule has 0 aromatic rings. The number of aliphatic hydroxyl groups excluding tert-OH is 3. The Labute approximate surface area is 254 Å². The van der Waals surface area contributed by atoms with E-state index in [1.54, 1.807) is 0 Å². The van der Waals surface area contributed by atoms with Crippen LogP contribution in [-0.2, 0) is 33.4 Å². The Kier molecular flexibility index (Phi) is 19.3. The van der Waals surface area contributed by atoms with Gasteiger partial charge in [0.1, 0.15) is 37.1 Å². The van der Waals surface area contributed by atoms with Crippen molar-refractivity contribution in [1.29, 1.82) is 0 Å². The average molecular weight is 620 g/mol. The van der Waals surface area contributed by atoms with E-state index in [2.05, 4.69) is 5.32 Å². The van der Waals surface area contributed by atoms with Crippen molar-refractivity contribution in [3.8, 4) is 0 Å². The predicted molar refractivity (Wildman–Crippen MR) is 155 cm³/mol. The molecule has 0 aromatic heterocycles. The molecule has 7 atom stereocenters. The van der Waals surface area contributed by atoms with Crippen LogP contribution in [0.4, 0.5) is 0 Å². The molecule has 0 aromatic carbocycles. The lowest BCUT2D eigenvalue weighted by Crippen LogP contribution is -2.60. The number of carboxylic acids is 2. The molecule has 0 bridgehead atoms. The molecule has 6 N–H and O–H groups in total. The van der Waals surface area contributed by atoms with Crippen LogP contribution < -0.4 is 5.32 Å². The summed E-state index contributed by atoms with van der Waals surface area (Å²) in [6.45, 7) is 5.00. The number of unbranched alkanes of at least 4 members (excludes halogenated alkanes) is 9. The number of esters is 1. The van der Waals surface area contributed by atoms with Crippen molar-refractivity contribution in [3.05, 3.63) is 0 Å². The van der Waals surface area contributed by atoms with E-state index in [-0.39, 0.29) is 24.3 Å². The Bertz CT molecular complexity index is 838. The van der Waals surface area contributed by atoms with Crippen molar-refractivity contribution in [2.24, 2.45) is 5.92 Å². The van der Waals surface area contributed by atoms with Gasteiger partial charge in [-0.15, -0.1) is 0 Å².